The van der Waals surface area contributed by atoms with Gasteiger partial charge in [-0.15, -0.1) is 0 Å². The fraction of sp³-hybridized carbons (Fsp3) is 0.280. The molecule has 3 rings (SSSR count). The Hall–Kier alpha value is -3.54. The Kier molecular flexibility index (Phi) is 7.49. The van der Waals surface area contributed by atoms with Crippen LogP contribution in [-0.2, 0) is 14.3 Å². The lowest BCUT2D eigenvalue weighted by atomic mass is 10.00. The molecule has 1 N–H and O–H groups in total. The summed E-state index contributed by atoms with van der Waals surface area (Å²) in [6, 6.07) is 14.2. The summed E-state index contributed by atoms with van der Waals surface area (Å²) >= 11 is 0. The van der Waals surface area contributed by atoms with Crippen LogP contribution in [0.3, 0.4) is 0 Å². The summed E-state index contributed by atoms with van der Waals surface area (Å²) in [6.07, 6.45) is 7.45. The van der Waals surface area contributed by atoms with Crippen molar-refractivity contribution in [1.82, 2.24) is 0 Å². The molecule has 2 aromatic rings. The number of ether oxygens (including phenoxy) is 3. The lowest BCUT2D eigenvalue weighted by Gasteiger charge is -2.16. The van der Waals surface area contributed by atoms with E-state index in [2.05, 4.69) is 0 Å². The molecule has 0 bridgehead atoms. The standard InChI is InChI=1S/C25H26O6/c1-29-23-16-18(12-13-22(23)31-19-10-6-7-11-19)15-21(25(28)30-2)20(24(26)27)14-17-8-4-3-5-9-17/h3-5,8-9,12-16,19H,6-7,10-11H2,1-2H3,(H,26,27)/b20-14+,21-15-. The van der Waals surface area contributed by atoms with Crippen molar-refractivity contribution in [2.24, 2.45) is 0 Å². The molecule has 0 heterocycles. The van der Waals surface area contributed by atoms with Crippen molar-refractivity contribution in [1.29, 1.82) is 0 Å². The van der Waals surface area contributed by atoms with Gasteiger partial charge < -0.3 is 19.3 Å². The fourth-order valence-electron chi connectivity index (χ4n) is 3.55. The van der Waals surface area contributed by atoms with Gasteiger partial charge in [-0.3, -0.25) is 0 Å². The van der Waals surface area contributed by atoms with Crippen LogP contribution in [0.1, 0.15) is 36.8 Å². The Balaban J connectivity index is 1.99. The van der Waals surface area contributed by atoms with Gasteiger partial charge in [-0.1, -0.05) is 36.4 Å². The molecule has 0 aromatic heterocycles. The van der Waals surface area contributed by atoms with Crippen molar-refractivity contribution >= 4 is 24.1 Å². The van der Waals surface area contributed by atoms with Gasteiger partial charge in [0, 0.05) is 0 Å². The smallest absolute Gasteiger partial charge is 0.338 e. The molecule has 0 amide bonds. The molecule has 6 nitrogen and oxygen atoms in total. The maximum atomic E-state index is 12.5. The number of hydrogen-bond donors (Lipinski definition) is 1. The predicted molar refractivity (Wildman–Crippen MR) is 118 cm³/mol. The highest BCUT2D eigenvalue weighted by Gasteiger charge is 2.22. The average molecular weight is 422 g/mol. The number of rotatable bonds is 8. The number of carbonyl (C=O) groups excluding carboxylic acids is 1. The molecule has 0 aliphatic heterocycles. The van der Waals surface area contributed by atoms with Gasteiger partial charge in [0.2, 0.25) is 0 Å². The van der Waals surface area contributed by atoms with Crippen LogP contribution < -0.4 is 9.47 Å². The number of esters is 1. The summed E-state index contributed by atoms with van der Waals surface area (Å²) in [5.41, 5.74) is 1.03. The second-order valence-electron chi connectivity index (χ2n) is 7.26. The highest BCUT2D eigenvalue weighted by Crippen LogP contribution is 2.33. The first-order chi connectivity index (χ1) is 15.0. The number of benzene rings is 2. The molecule has 1 aliphatic carbocycles. The zero-order valence-electron chi connectivity index (χ0n) is 17.7. The van der Waals surface area contributed by atoms with Gasteiger partial charge in [0.15, 0.2) is 11.5 Å². The summed E-state index contributed by atoms with van der Waals surface area (Å²) in [5, 5.41) is 9.77. The number of methoxy groups -OCH3 is 2. The van der Waals surface area contributed by atoms with Crippen LogP contribution in [0.4, 0.5) is 0 Å². The average Bonchev–Trinajstić information content (AvgIpc) is 3.30. The highest BCUT2D eigenvalue weighted by atomic mass is 16.5. The van der Waals surface area contributed by atoms with Crippen LogP contribution in [-0.4, -0.2) is 37.4 Å². The van der Waals surface area contributed by atoms with Gasteiger partial charge in [-0.25, -0.2) is 9.59 Å². The molecule has 2 aromatic carbocycles. The molecule has 1 fully saturated rings. The van der Waals surface area contributed by atoms with Crippen LogP contribution >= 0.6 is 0 Å². The Morgan fingerprint density at radius 1 is 0.903 bits per heavy atom. The second kappa shape index (κ2) is 10.5. The van der Waals surface area contributed by atoms with Gasteiger partial charge in [0.25, 0.3) is 0 Å². The molecule has 0 spiro atoms. The zero-order chi connectivity index (χ0) is 22.2. The number of carboxylic acids is 1. The summed E-state index contributed by atoms with van der Waals surface area (Å²) in [7, 11) is 2.76. The quantitative estimate of drug-likeness (QED) is 0.376. The van der Waals surface area contributed by atoms with Crippen molar-refractivity contribution in [3.63, 3.8) is 0 Å². The van der Waals surface area contributed by atoms with Gasteiger partial charge in [-0.2, -0.15) is 0 Å². The molecule has 162 valence electrons. The second-order valence-corrected chi connectivity index (χ2v) is 7.26. The summed E-state index contributed by atoms with van der Waals surface area (Å²) in [5.74, 6) is -0.818. The zero-order valence-corrected chi connectivity index (χ0v) is 17.7. The minimum atomic E-state index is -1.23. The monoisotopic (exact) mass is 422 g/mol. The first-order valence-corrected chi connectivity index (χ1v) is 10.2. The van der Waals surface area contributed by atoms with Crippen molar-refractivity contribution < 1.29 is 28.9 Å². The molecule has 1 saturated carbocycles. The number of aliphatic carboxylic acids is 1. The predicted octanol–water partition coefficient (Wildman–Crippen LogP) is 4.74. The highest BCUT2D eigenvalue weighted by molar-refractivity contribution is 6.12. The molecular weight excluding hydrogens is 396 g/mol. The van der Waals surface area contributed by atoms with Crippen molar-refractivity contribution in [3.8, 4) is 11.5 Å². The van der Waals surface area contributed by atoms with Crippen LogP contribution in [0.5, 0.6) is 11.5 Å². The first-order valence-electron chi connectivity index (χ1n) is 10.2. The van der Waals surface area contributed by atoms with E-state index in [1.807, 2.05) is 6.07 Å². The molecule has 1 aliphatic rings. The molecule has 0 atom stereocenters. The number of carboxylic acid groups (broad SMARTS) is 1. The Morgan fingerprint density at radius 3 is 2.19 bits per heavy atom. The summed E-state index contributed by atoms with van der Waals surface area (Å²) in [6.45, 7) is 0. The molecule has 31 heavy (non-hydrogen) atoms. The summed E-state index contributed by atoms with van der Waals surface area (Å²) in [4.78, 5) is 24.4. The van der Waals surface area contributed by atoms with Crippen molar-refractivity contribution in [2.45, 2.75) is 31.8 Å². The third-order valence-corrected chi connectivity index (χ3v) is 5.13. The van der Waals surface area contributed by atoms with Gasteiger partial charge in [0.1, 0.15) is 0 Å². The van der Waals surface area contributed by atoms with E-state index in [1.165, 1.54) is 19.3 Å². The lowest BCUT2D eigenvalue weighted by molar-refractivity contribution is -0.138. The Labute approximate surface area is 181 Å². The maximum Gasteiger partial charge on any atom is 0.338 e. The van der Waals surface area contributed by atoms with Gasteiger partial charge in [0.05, 0.1) is 31.5 Å². The van der Waals surface area contributed by atoms with Crippen molar-refractivity contribution in [2.75, 3.05) is 14.2 Å². The number of hydrogen-bond acceptors (Lipinski definition) is 5. The van der Waals surface area contributed by atoms with Crippen LogP contribution in [0.25, 0.3) is 12.2 Å². The Bertz CT molecular complexity index is 984. The van der Waals surface area contributed by atoms with E-state index in [0.717, 1.165) is 25.7 Å². The van der Waals surface area contributed by atoms with E-state index in [1.54, 1.807) is 49.6 Å². The third kappa shape index (κ3) is 5.75. The topological polar surface area (TPSA) is 82.1 Å². The van der Waals surface area contributed by atoms with Gasteiger partial charge in [-0.05, 0) is 61.1 Å². The van der Waals surface area contributed by atoms with E-state index in [9.17, 15) is 14.7 Å². The normalized spacial score (nSPS) is 14.9. The SMILES string of the molecule is COC(=O)C(=C\c1ccc(OC2CCCC2)c(OC)c1)/C(=C\c1ccccc1)C(=O)O. The van der Waals surface area contributed by atoms with E-state index in [-0.39, 0.29) is 17.3 Å². The number of carbonyl (C=O) groups is 2. The third-order valence-electron chi connectivity index (χ3n) is 5.13. The molecule has 0 radical (unpaired) electrons. The van der Waals surface area contributed by atoms with Crippen LogP contribution in [0.2, 0.25) is 0 Å². The minimum Gasteiger partial charge on any atom is -0.493 e. The lowest BCUT2D eigenvalue weighted by Crippen LogP contribution is -2.13. The van der Waals surface area contributed by atoms with Crippen LogP contribution in [0.15, 0.2) is 59.7 Å². The molecular formula is C25H26O6. The minimum absolute atomic E-state index is 0.0645. The van der Waals surface area contributed by atoms with Gasteiger partial charge >= 0.3 is 11.9 Å². The molecule has 6 heteroatoms. The largest absolute Gasteiger partial charge is 0.493 e. The van der Waals surface area contributed by atoms with E-state index in [4.69, 9.17) is 14.2 Å². The van der Waals surface area contributed by atoms with E-state index < -0.39 is 11.9 Å². The molecule has 0 unspecified atom stereocenters. The van der Waals surface area contributed by atoms with Crippen LogP contribution in [0, 0.1) is 0 Å². The summed E-state index contributed by atoms with van der Waals surface area (Å²) < 4.78 is 16.4. The van der Waals surface area contributed by atoms with E-state index in [0.29, 0.717) is 22.6 Å². The van der Waals surface area contributed by atoms with E-state index >= 15 is 0 Å². The first kappa shape index (κ1) is 22.2. The molecule has 0 saturated heterocycles. The maximum absolute atomic E-state index is 12.5. The fourth-order valence-corrected chi connectivity index (χ4v) is 3.55. The Morgan fingerprint density at radius 2 is 1.58 bits per heavy atom. The van der Waals surface area contributed by atoms with Crippen molar-refractivity contribution in [3.05, 3.63) is 70.8 Å².